The van der Waals surface area contributed by atoms with Gasteiger partial charge in [0.1, 0.15) is 0 Å². The molecule has 1 fully saturated rings. The molecule has 0 radical (unpaired) electrons. The standard InChI is InChI=1S/C19H29ClN6O/c1-14(27-2)13-26(10-7-15-3-5-16(20)6-4-15)17-8-11-25(12-9-17)19-22-18(21)23-24-19/h3-6,14,17H,7-13H2,1-2H3,(H3,21,22,23,24)/t14-/m0/s1. The van der Waals surface area contributed by atoms with Crippen LogP contribution >= 0.6 is 11.6 Å². The summed E-state index contributed by atoms with van der Waals surface area (Å²) in [7, 11) is 1.78. The van der Waals surface area contributed by atoms with E-state index >= 15 is 0 Å². The van der Waals surface area contributed by atoms with Crippen LogP contribution in [0.25, 0.3) is 0 Å². The molecule has 0 spiro atoms. The van der Waals surface area contributed by atoms with Crippen LogP contribution in [0.5, 0.6) is 0 Å². The van der Waals surface area contributed by atoms with Gasteiger partial charge in [-0.3, -0.25) is 4.90 Å². The maximum atomic E-state index is 6.00. The summed E-state index contributed by atoms with van der Waals surface area (Å²) in [4.78, 5) is 9.00. The second kappa shape index (κ2) is 9.39. The lowest BCUT2D eigenvalue weighted by Crippen LogP contribution is -2.48. The quantitative estimate of drug-likeness (QED) is 0.718. The Labute approximate surface area is 165 Å². The number of nitrogens with two attached hydrogens (primary N) is 1. The van der Waals surface area contributed by atoms with Crippen molar-refractivity contribution in [1.82, 2.24) is 20.1 Å². The van der Waals surface area contributed by atoms with Crippen LogP contribution in [0, 0.1) is 0 Å². The Morgan fingerprint density at radius 1 is 1.33 bits per heavy atom. The molecule has 27 heavy (non-hydrogen) atoms. The minimum atomic E-state index is 0.209. The van der Waals surface area contributed by atoms with E-state index in [1.165, 1.54) is 5.56 Å². The van der Waals surface area contributed by atoms with E-state index in [9.17, 15) is 0 Å². The lowest BCUT2D eigenvalue weighted by Gasteiger charge is -2.39. The number of nitrogens with one attached hydrogen (secondary N) is 1. The van der Waals surface area contributed by atoms with Crippen molar-refractivity contribution in [2.24, 2.45) is 0 Å². The molecule has 7 nitrogen and oxygen atoms in total. The largest absolute Gasteiger partial charge is 0.380 e. The van der Waals surface area contributed by atoms with Gasteiger partial charge in [0.15, 0.2) is 0 Å². The van der Waals surface area contributed by atoms with Gasteiger partial charge >= 0.3 is 0 Å². The van der Waals surface area contributed by atoms with Gasteiger partial charge in [0.05, 0.1) is 6.10 Å². The van der Waals surface area contributed by atoms with Gasteiger partial charge in [0.25, 0.3) is 0 Å². The zero-order valence-corrected chi connectivity index (χ0v) is 16.8. The number of nitrogens with zero attached hydrogens (tertiary/aromatic N) is 4. The number of nitrogen functional groups attached to an aromatic ring is 1. The summed E-state index contributed by atoms with van der Waals surface area (Å²) in [6, 6.07) is 8.66. The van der Waals surface area contributed by atoms with Crippen molar-refractivity contribution in [2.75, 3.05) is 43.9 Å². The number of benzene rings is 1. The summed E-state index contributed by atoms with van der Waals surface area (Å²) < 4.78 is 5.52. The molecule has 148 valence electrons. The Kier molecular flexibility index (Phi) is 6.93. The molecule has 0 unspecified atom stereocenters. The average molecular weight is 393 g/mol. The number of piperidine rings is 1. The average Bonchev–Trinajstić information content (AvgIpc) is 3.12. The molecule has 0 aliphatic carbocycles. The van der Waals surface area contributed by atoms with Gasteiger partial charge in [-0.05, 0) is 43.9 Å². The highest BCUT2D eigenvalue weighted by Gasteiger charge is 2.27. The van der Waals surface area contributed by atoms with Crippen LogP contribution in [0.2, 0.25) is 5.02 Å². The molecule has 2 heterocycles. The molecular formula is C19H29ClN6O. The highest BCUT2D eigenvalue weighted by atomic mass is 35.5. The molecular weight excluding hydrogens is 364 g/mol. The predicted octanol–water partition coefficient (Wildman–Crippen LogP) is 2.59. The third-order valence-corrected chi connectivity index (χ3v) is 5.50. The molecule has 3 rings (SSSR count). The summed E-state index contributed by atoms with van der Waals surface area (Å²) in [6.45, 7) is 5.93. The van der Waals surface area contributed by atoms with Crippen LogP contribution < -0.4 is 10.6 Å². The van der Waals surface area contributed by atoms with Crippen LogP contribution in [0.1, 0.15) is 25.3 Å². The number of halogens is 1. The summed E-state index contributed by atoms with van der Waals surface area (Å²) in [5, 5.41) is 7.67. The molecule has 0 saturated carbocycles. The molecule has 1 aliphatic heterocycles. The Morgan fingerprint density at radius 2 is 2.04 bits per heavy atom. The van der Waals surface area contributed by atoms with Crippen LogP contribution in [0.3, 0.4) is 0 Å². The minimum Gasteiger partial charge on any atom is -0.380 e. The molecule has 1 saturated heterocycles. The van der Waals surface area contributed by atoms with Crippen molar-refractivity contribution in [3.05, 3.63) is 34.9 Å². The molecule has 2 aromatic rings. The second-order valence-corrected chi connectivity index (χ2v) is 7.59. The van der Waals surface area contributed by atoms with Gasteiger partial charge in [0, 0.05) is 44.4 Å². The second-order valence-electron chi connectivity index (χ2n) is 7.16. The van der Waals surface area contributed by atoms with Gasteiger partial charge in [-0.25, -0.2) is 5.10 Å². The topological polar surface area (TPSA) is 83.3 Å². The first-order valence-corrected chi connectivity index (χ1v) is 9.87. The van der Waals surface area contributed by atoms with E-state index in [-0.39, 0.29) is 6.10 Å². The first-order valence-electron chi connectivity index (χ1n) is 9.49. The van der Waals surface area contributed by atoms with Crippen LogP contribution in [-0.4, -0.2) is 65.5 Å². The fraction of sp³-hybridized carbons (Fsp3) is 0.579. The summed E-state index contributed by atoms with van der Waals surface area (Å²) in [6.07, 6.45) is 3.36. The third-order valence-electron chi connectivity index (χ3n) is 5.25. The maximum Gasteiger partial charge on any atom is 0.246 e. The van der Waals surface area contributed by atoms with Crippen molar-refractivity contribution in [2.45, 2.75) is 38.3 Å². The number of ether oxygens (including phenoxy) is 1. The Morgan fingerprint density at radius 3 is 2.63 bits per heavy atom. The van der Waals surface area contributed by atoms with Gasteiger partial charge in [-0.1, -0.05) is 23.7 Å². The van der Waals surface area contributed by atoms with Crippen LogP contribution in [0.15, 0.2) is 24.3 Å². The fourth-order valence-corrected chi connectivity index (χ4v) is 3.71. The van der Waals surface area contributed by atoms with E-state index in [0.29, 0.717) is 17.9 Å². The summed E-state index contributed by atoms with van der Waals surface area (Å²) in [5.41, 5.74) is 6.96. The third kappa shape index (κ3) is 5.57. The number of anilines is 2. The molecule has 0 amide bonds. The van der Waals surface area contributed by atoms with Crippen LogP contribution in [-0.2, 0) is 11.2 Å². The van der Waals surface area contributed by atoms with E-state index in [1.807, 2.05) is 12.1 Å². The molecule has 0 bridgehead atoms. The summed E-state index contributed by atoms with van der Waals surface area (Å²) in [5.74, 6) is 1.06. The smallest absolute Gasteiger partial charge is 0.246 e. The van der Waals surface area contributed by atoms with Crippen molar-refractivity contribution < 1.29 is 4.74 Å². The fourth-order valence-electron chi connectivity index (χ4n) is 3.59. The number of rotatable bonds is 8. The predicted molar refractivity (Wildman–Crippen MR) is 109 cm³/mol. The Balaban J connectivity index is 1.58. The molecule has 1 aromatic carbocycles. The maximum absolute atomic E-state index is 6.00. The van der Waals surface area contributed by atoms with E-state index in [2.05, 4.69) is 44.0 Å². The molecule has 1 aliphatic rings. The van der Waals surface area contributed by atoms with Crippen molar-refractivity contribution >= 4 is 23.5 Å². The lowest BCUT2D eigenvalue weighted by atomic mass is 10.0. The number of H-pyrrole nitrogens is 1. The van der Waals surface area contributed by atoms with Crippen molar-refractivity contribution in [3.63, 3.8) is 0 Å². The van der Waals surface area contributed by atoms with E-state index < -0.39 is 0 Å². The zero-order chi connectivity index (χ0) is 19.2. The van der Waals surface area contributed by atoms with Gasteiger partial charge < -0.3 is 15.4 Å². The molecule has 8 heteroatoms. The number of methoxy groups -OCH3 is 1. The SMILES string of the molecule is CO[C@@H](C)CN(CCc1ccc(Cl)cc1)C1CCN(c2n[nH]c(N)n2)CC1. The Hall–Kier alpha value is -1.83. The highest BCUT2D eigenvalue weighted by Crippen LogP contribution is 2.21. The zero-order valence-electron chi connectivity index (χ0n) is 16.1. The van der Waals surface area contributed by atoms with E-state index in [4.69, 9.17) is 22.1 Å². The number of aromatic amines is 1. The molecule has 1 atom stereocenters. The Bertz CT molecular complexity index is 698. The highest BCUT2D eigenvalue weighted by molar-refractivity contribution is 6.30. The minimum absolute atomic E-state index is 0.209. The van der Waals surface area contributed by atoms with Crippen LogP contribution in [0.4, 0.5) is 11.9 Å². The molecule has 1 aromatic heterocycles. The monoisotopic (exact) mass is 392 g/mol. The van der Waals surface area contributed by atoms with Crippen molar-refractivity contribution in [3.8, 4) is 0 Å². The van der Waals surface area contributed by atoms with Gasteiger partial charge in [0.2, 0.25) is 11.9 Å². The van der Waals surface area contributed by atoms with Gasteiger partial charge in [-0.15, -0.1) is 5.10 Å². The summed E-state index contributed by atoms with van der Waals surface area (Å²) >= 11 is 6.00. The first-order chi connectivity index (χ1) is 13.0. The lowest BCUT2D eigenvalue weighted by molar-refractivity contribution is 0.0543. The van der Waals surface area contributed by atoms with E-state index in [1.54, 1.807) is 7.11 Å². The number of aromatic nitrogens is 3. The molecule has 3 N–H and O–H groups in total. The van der Waals surface area contributed by atoms with E-state index in [0.717, 1.165) is 50.5 Å². The number of hydrogen-bond acceptors (Lipinski definition) is 6. The first kappa shape index (κ1) is 19.9. The normalized spacial score (nSPS) is 16.8. The van der Waals surface area contributed by atoms with Crippen molar-refractivity contribution in [1.29, 1.82) is 0 Å². The van der Waals surface area contributed by atoms with Gasteiger partial charge in [-0.2, -0.15) is 4.98 Å². The number of hydrogen-bond donors (Lipinski definition) is 2.